The second-order valence-electron chi connectivity index (χ2n) is 9.12. The minimum Gasteiger partial charge on any atom is -0.351 e. The molecule has 12 heteroatoms. The third-order valence-corrected chi connectivity index (χ3v) is 5.56. The van der Waals surface area contributed by atoms with Gasteiger partial charge in [0.05, 0.1) is 19.6 Å². The first-order valence-electron chi connectivity index (χ1n) is 10.6. The summed E-state index contributed by atoms with van der Waals surface area (Å²) < 4.78 is 29.9. The summed E-state index contributed by atoms with van der Waals surface area (Å²) in [4.78, 5) is 52.0. The van der Waals surface area contributed by atoms with Crippen molar-refractivity contribution in [1.82, 2.24) is 10.4 Å². The summed E-state index contributed by atoms with van der Waals surface area (Å²) in [5.41, 5.74) is 0. The van der Waals surface area contributed by atoms with Gasteiger partial charge in [0.25, 0.3) is 11.8 Å². The fraction of sp³-hybridized carbons (Fsp3) is 0.800. The van der Waals surface area contributed by atoms with Crippen LogP contribution in [0.1, 0.15) is 53.4 Å². The Morgan fingerprint density at radius 1 is 1.03 bits per heavy atom. The zero-order valence-corrected chi connectivity index (χ0v) is 18.5. The molecule has 4 atom stereocenters. The Hall–Kier alpha value is -2.12. The lowest BCUT2D eigenvalue weighted by atomic mass is 9.97. The molecule has 12 nitrogen and oxygen atoms in total. The van der Waals surface area contributed by atoms with E-state index in [2.05, 4.69) is 5.32 Å². The highest BCUT2D eigenvalue weighted by Crippen LogP contribution is 2.47. The maximum absolute atomic E-state index is 12.4. The Morgan fingerprint density at radius 3 is 2.41 bits per heavy atom. The lowest BCUT2D eigenvalue weighted by Crippen LogP contribution is -2.62. The number of ether oxygens (including phenoxy) is 5. The van der Waals surface area contributed by atoms with Crippen molar-refractivity contribution in [2.75, 3.05) is 13.2 Å². The molecule has 178 valence electrons. The molecule has 4 saturated heterocycles. The first-order chi connectivity index (χ1) is 14.9. The van der Waals surface area contributed by atoms with Crippen LogP contribution >= 0.6 is 0 Å². The van der Waals surface area contributed by atoms with Gasteiger partial charge in [-0.25, -0.2) is 4.79 Å². The van der Waals surface area contributed by atoms with Crippen molar-refractivity contribution in [3.8, 4) is 0 Å². The highest BCUT2D eigenvalue weighted by atomic mass is 16.9. The molecule has 4 fully saturated rings. The van der Waals surface area contributed by atoms with E-state index >= 15 is 0 Å². The molecule has 4 aliphatic rings. The molecule has 4 rings (SSSR count). The molecule has 0 radical (unpaired) electrons. The molecule has 0 aromatic carbocycles. The lowest BCUT2D eigenvalue weighted by Gasteiger charge is -2.40. The van der Waals surface area contributed by atoms with E-state index in [4.69, 9.17) is 28.5 Å². The van der Waals surface area contributed by atoms with Gasteiger partial charge in [-0.05, 0) is 27.7 Å². The molecule has 0 aromatic heterocycles. The van der Waals surface area contributed by atoms with Gasteiger partial charge in [-0.15, -0.1) is 5.06 Å². The van der Waals surface area contributed by atoms with E-state index in [0.717, 1.165) is 0 Å². The van der Waals surface area contributed by atoms with Crippen molar-refractivity contribution >= 4 is 23.7 Å². The van der Waals surface area contributed by atoms with Crippen LogP contribution in [0, 0.1) is 0 Å². The quantitative estimate of drug-likeness (QED) is 0.539. The summed E-state index contributed by atoms with van der Waals surface area (Å²) in [5, 5.41) is 3.15. The minimum atomic E-state index is -1.28. The van der Waals surface area contributed by atoms with Crippen LogP contribution < -0.4 is 5.32 Å². The number of carbonyl (C=O) groups is 4. The number of nitrogens with one attached hydrogen (secondary N) is 1. The van der Waals surface area contributed by atoms with Crippen LogP contribution in [0.25, 0.3) is 0 Å². The second kappa shape index (κ2) is 8.03. The molecule has 0 unspecified atom stereocenters. The average molecular weight is 456 g/mol. The molecule has 0 aliphatic carbocycles. The summed E-state index contributed by atoms with van der Waals surface area (Å²) in [7, 11) is 0. The van der Waals surface area contributed by atoms with Crippen molar-refractivity contribution in [3.63, 3.8) is 0 Å². The molecule has 0 spiro atoms. The number of hydrogen-bond donors (Lipinski definition) is 1. The number of fused-ring (bicyclic) bond motifs is 3. The smallest absolute Gasteiger partial charge is 0.333 e. The van der Waals surface area contributed by atoms with Gasteiger partial charge in [0.2, 0.25) is 11.7 Å². The summed E-state index contributed by atoms with van der Waals surface area (Å²) >= 11 is 0. The maximum Gasteiger partial charge on any atom is 0.333 e. The SMILES string of the molecule is CC1(C)O[C@@H]2[C@@H](CO[C@@]3(CNC(=O)CCC(=O)ON4C(=O)CCC4=O)OC(C)(C)O[C@@H]23)O1. The Morgan fingerprint density at radius 2 is 1.72 bits per heavy atom. The summed E-state index contributed by atoms with van der Waals surface area (Å²) in [6, 6.07) is 0. The molecular weight excluding hydrogens is 428 g/mol. The zero-order valence-electron chi connectivity index (χ0n) is 18.5. The number of hydrogen-bond acceptors (Lipinski definition) is 10. The van der Waals surface area contributed by atoms with E-state index in [1.165, 1.54) is 0 Å². The van der Waals surface area contributed by atoms with Gasteiger partial charge in [0.1, 0.15) is 18.3 Å². The number of carbonyl (C=O) groups excluding carboxylic acids is 4. The third-order valence-electron chi connectivity index (χ3n) is 5.56. The molecule has 1 N–H and O–H groups in total. The predicted octanol–water partition coefficient (Wildman–Crippen LogP) is -0.112. The monoisotopic (exact) mass is 456 g/mol. The van der Waals surface area contributed by atoms with Crippen LogP contribution in [0.4, 0.5) is 0 Å². The molecular formula is C20H28N2O10. The normalized spacial score (nSPS) is 34.9. The highest BCUT2D eigenvalue weighted by Gasteiger charge is 2.65. The summed E-state index contributed by atoms with van der Waals surface area (Å²) in [6.45, 7) is 7.25. The first-order valence-corrected chi connectivity index (χ1v) is 10.6. The highest BCUT2D eigenvalue weighted by molar-refractivity contribution is 6.01. The van der Waals surface area contributed by atoms with Gasteiger partial charge in [-0.3, -0.25) is 14.4 Å². The minimum absolute atomic E-state index is 0.00204. The van der Waals surface area contributed by atoms with Gasteiger partial charge >= 0.3 is 5.97 Å². The van der Waals surface area contributed by atoms with E-state index in [-0.39, 0.29) is 44.9 Å². The number of nitrogens with zero attached hydrogens (tertiary/aromatic N) is 1. The fourth-order valence-electron chi connectivity index (χ4n) is 4.31. The summed E-state index contributed by atoms with van der Waals surface area (Å²) in [6.07, 6.45) is -1.93. The molecule has 0 bridgehead atoms. The number of rotatable bonds is 6. The Bertz CT molecular complexity index is 811. The number of imide groups is 1. The summed E-state index contributed by atoms with van der Waals surface area (Å²) in [5.74, 6) is -5.51. The van der Waals surface area contributed by atoms with Gasteiger partial charge in [0.15, 0.2) is 11.6 Å². The van der Waals surface area contributed by atoms with Gasteiger partial charge in [-0.2, -0.15) is 0 Å². The topological polar surface area (TPSA) is 139 Å². The molecule has 4 heterocycles. The van der Waals surface area contributed by atoms with Crippen LogP contribution in [0.5, 0.6) is 0 Å². The van der Waals surface area contributed by atoms with Crippen molar-refractivity contribution in [2.45, 2.75) is 89.1 Å². The predicted molar refractivity (Wildman–Crippen MR) is 102 cm³/mol. The van der Waals surface area contributed by atoms with Crippen molar-refractivity contribution in [2.24, 2.45) is 0 Å². The number of hydroxylamine groups is 2. The van der Waals surface area contributed by atoms with E-state index in [0.29, 0.717) is 5.06 Å². The molecule has 3 amide bonds. The first kappa shape index (κ1) is 23.1. The van der Waals surface area contributed by atoms with Crippen molar-refractivity contribution in [3.05, 3.63) is 0 Å². The van der Waals surface area contributed by atoms with E-state index < -0.39 is 53.3 Å². The molecule has 0 aromatic rings. The van der Waals surface area contributed by atoms with E-state index in [1.807, 2.05) is 0 Å². The van der Waals surface area contributed by atoms with Crippen molar-refractivity contribution in [1.29, 1.82) is 0 Å². The third kappa shape index (κ3) is 4.50. The molecule has 32 heavy (non-hydrogen) atoms. The van der Waals surface area contributed by atoms with Crippen LogP contribution in [-0.4, -0.2) is 77.6 Å². The molecule has 4 aliphatic heterocycles. The Labute approximate surface area is 184 Å². The van der Waals surface area contributed by atoms with E-state index in [9.17, 15) is 19.2 Å². The lowest BCUT2D eigenvalue weighted by molar-refractivity contribution is -0.277. The van der Waals surface area contributed by atoms with Gasteiger partial charge in [0, 0.05) is 19.3 Å². The Kier molecular flexibility index (Phi) is 5.78. The Balaban J connectivity index is 1.32. The molecule has 0 saturated carbocycles. The number of amides is 3. The van der Waals surface area contributed by atoms with Crippen LogP contribution in [0.2, 0.25) is 0 Å². The average Bonchev–Trinajstić information content (AvgIpc) is 3.29. The largest absolute Gasteiger partial charge is 0.351 e. The van der Waals surface area contributed by atoms with Gasteiger partial charge < -0.3 is 33.8 Å². The fourth-order valence-corrected chi connectivity index (χ4v) is 4.31. The zero-order chi connectivity index (χ0) is 23.3. The van der Waals surface area contributed by atoms with Crippen molar-refractivity contribution < 1.29 is 47.7 Å². The van der Waals surface area contributed by atoms with Gasteiger partial charge in [-0.1, -0.05) is 0 Å². The second-order valence-corrected chi connectivity index (χ2v) is 9.12. The maximum atomic E-state index is 12.4. The van der Waals surface area contributed by atoms with Crippen LogP contribution in [-0.2, 0) is 47.7 Å². The van der Waals surface area contributed by atoms with Crippen LogP contribution in [0.3, 0.4) is 0 Å². The van der Waals surface area contributed by atoms with E-state index in [1.54, 1.807) is 27.7 Å². The van der Waals surface area contributed by atoms with Crippen LogP contribution in [0.15, 0.2) is 0 Å². The standard InChI is InChI=1S/C20H28N2O10/c1-18(2)28-11-9-27-20(17(16(11)29-18)30-19(3,4)32-20)10-21-12(23)5-8-15(26)31-22-13(24)6-7-14(22)25/h11,16-17H,5-10H2,1-4H3,(H,21,23)/t11-,16-,17+,20+/m1/s1.